The molecule has 156 valence electrons. The molecule has 3 aromatic rings. The number of H-pyrrole nitrogens is 1. The number of halogens is 1. The number of nitrogens with zero attached hydrogens (tertiary/aromatic N) is 3. The normalized spacial score (nSPS) is 14.7. The summed E-state index contributed by atoms with van der Waals surface area (Å²) >= 11 is 0. The number of benzene rings is 1. The van der Waals surface area contributed by atoms with Crippen molar-refractivity contribution in [2.24, 2.45) is 0 Å². The summed E-state index contributed by atoms with van der Waals surface area (Å²) in [6.07, 6.45) is 4.52. The largest absolute Gasteiger partial charge is 0.341 e. The first kappa shape index (κ1) is 19.9. The Bertz CT molecular complexity index is 1170. The molecule has 8 heteroatoms. The number of hydrogen-bond acceptors (Lipinski definition) is 3. The van der Waals surface area contributed by atoms with Crippen molar-refractivity contribution in [1.82, 2.24) is 19.2 Å². The van der Waals surface area contributed by atoms with Gasteiger partial charge in [0.2, 0.25) is 5.91 Å². The first-order valence-corrected chi connectivity index (χ1v) is 9.95. The third kappa shape index (κ3) is 3.85. The van der Waals surface area contributed by atoms with Gasteiger partial charge in [-0.1, -0.05) is 6.07 Å². The van der Waals surface area contributed by atoms with E-state index in [-0.39, 0.29) is 22.9 Å². The highest BCUT2D eigenvalue weighted by atomic mass is 19.1. The smallest absolute Gasteiger partial charge is 0.272 e. The van der Waals surface area contributed by atoms with Crippen molar-refractivity contribution >= 4 is 17.3 Å². The second-order valence-corrected chi connectivity index (χ2v) is 7.52. The highest BCUT2D eigenvalue weighted by Crippen LogP contribution is 2.18. The van der Waals surface area contributed by atoms with Crippen molar-refractivity contribution in [3.63, 3.8) is 0 Å². The van der Waals surface area contributed by atoms with Crippen LogP contribution in [0, 0.1) is 5.82 Å². The van der Waals surface area contributed by atoms with Crippen molar-refractivity contribution in [2.45, 2.75) is 19.8 Å². The number of carbonyl (C=O) groups excluding carboxylic acids is 2. The van der Waals surface area contributed by atoms with Crippen molar-refractivity contribution in [1.29, 1.82) is 0 Å². The van der Waals surface area contributed by atoms with E-state index < -0.39 is 5.82 Å². The summed E-state index contributed by atoms with van der Waals surface area (Å²) in [6, 6.07) is 8.04. The SMILES string of the molecule is CC(=O)N1CCCN(C(=O)c2cc(Cc3c[nH]c(=O)c4cccn34)ccc2F)CC1. The lowest BCUT2D eigenvalue weighted by atomic mass is 10.0. The van der Waals surface area contributed by atoms with Crippen LogP contribution in [0.2, 0.25) is 0 Å². The van der Waals surface area contributed by atoms with E-state index in [1.165, 1.54) is 13.0 Å². The number of rotatable bonds is 3. The first-order valence-electron chi connectivity index (χ1n) is 9.95. The third-order valence-corrected chi connectivity index (χ3v) is 5.54. The molecule has 1 aromatic carbocycles. The van der Waals surface area contributed by atoms with Crippen LogP contribution in [0.25, 0.3) is 5.52 Å². The molecule has 0 bridgehead atoms. The van der Waals surface area contributed by atoms with E-state index in [2.05, 4.69) is 4.98 Å². The molecular weight excluding hydrogens is 387 g/mol. The lowest BCUT2D eigenvalue weighted by molar-refractivity contribution is -0.128. The van der Waals surface area contributed by atoms with Crippen molar-refractivity contribution in [3.8, 4) is 0 Å². The molecule has 0 saturated carbocycles. The molecule has 0 spiro atoms. The van der Waals surface area contributed by atoms with Gasteiger partial charge in [0.05, 0.1) is 5.56 Å². The molecule has 4 rings (SSSR count). The molecule has 1 aliphatic rings. The molecule has 1 N–H and O–H groups in total. The van der Waals surface area contributed by atoms with Gasteiger partial charge in [0.25, 0.3) is 11.5 Å². The Kier molecular flexibility index (Phi) is 5.39. The maximum Gasteiger partial charge on any atom is 0.272 e. The number of aromatic amines is 1. The minimum Gasteiger partial charge on any atom is -0.341 e. The van der Waals surface area contributed by atoms with E-state index in [1.807, 2.05) is 0 Å². The number of fused-ring (bicyclic) bond motifs is 1. The molecule has 7 nitrogen and oxygen atoms in total. The summed E-state index contributed by atoms with van der Waals surface area (Å²) in [5, 5.41) is 0. The van der Waals surface area contributed by atoms with E-state index in [4.69, 9.17) is 0 Å². The molecule has 1 fully saturated rings. The summed E-state index contributed by atoms with van der Waals surface area (Å²) in [7, 11) is 0. The fourth-order valence-electron chi connectivity index (χ4n) is 3.91. The van der Waals surface area contributed by atoms with Gasteiger partial charge in [0, 0.05) is 57.6 Å². The molecule has 0 aliphatic carbocycles. The van der Waals surface area contributed by atoms with Gasteiger partial charge in [-0.15, -0.1) is 0 Å². The molecule has 2 aromatic heterocycles. The van der Waals surface area contributed by atoms with Gasteiger partial charge in [0.1, 0.15) is 11.3 Å². The number of nitrogens with one attached hydrogen (secondary N) is 1. The molecule has 1 saturated heterocycles. The standard InChI is InChI=1S/C22H23FN4O3/c1-15(28)25-7-3-8-26(11-10-25)22(30)18-13-16(5-6-19(18)23)12-17-14-24-21(29)20-4-2-9-27(17)20/h2,4-6,9,13-14H,3,7-8,10-12H2,1H3,(H,24,29). The summed E-state index contributed by atoms with van der Waals surface area (Å²) in [6.45, 7) is 3.42. The van der Waals surface area contributed by atoms with Crippen molar-refractivity contribution in [3.05, 3.63) is 75.7 Å². The minimum absolute atomic E-state index is 0.0188. The molecular formula is C22H23FN4O3. The maximum absolute atomic E-state index is 14.5. The average Bonchev–Trinajstić information content (AvgIpc) is 3.09. The second-order valence-electron chi connectivity index (χ2n) is 7.52. The number of hydrogen-bond donors (Lipinski definition) is 1. The van der Waals surface area contributed by atoms with Crippen molar-refractivity contribution in [2.75, 3.05) is 26.2 Å². The van der Waals surface area contributed by atoms with E-state index in [9.17, 15) is 18.8 Å². The van der Waals surface area contributed by atoms with Crippen LogP contribution in [0.3, 0.4) is 0 Å². The van der Waals surface area contributed by atoms with Gasteiger partial charge >= 0.3 is 0 Å². The lowest BCUT2D eigenvalue weighted by Gasteiger charge is -2.22. The highest BCUT2D eigenvalue weighted by molar-refractivity contribution is 5.94. The first-order chi connectivity index (χ1) is 14.4. The zero-order valence-corrected chi connectivity index (χ0v) is 16.7. The van der Waals surface area contributed by atoms with Crippen LogP contribution in [0.1, 0.15) is 35.0 Å². The van der Waals surface area contributed by atoms with E-state index in [0.29, 0.717) is 44.5 Å². The van der Waals surface area contributed by atoms with Gasteiger partial charge in [-0.2, -0.15) is 0 Å². The maximum atomic E-state index is 14.5. The van der Waals surface area contributed by atoms with E-state index >= 15 is 0 Å². The second kappa shape index (κ2) is 8.14. The molecule has 1 aliphatic heterocycles. The lowest BCUT2D eigenvalue weighted by Crippen LogP contribution is -2.36. The zero-order valence-electron chi connectivity index (χ0n) is 16.7. The summed E-state index contributed by atoms with van der Waals surface area (Å²) < 4.78 is 16.3. The zero-order chi connectivity index (χ0) is 21.3. The predicted molar refractivity (Wildman–Crippen MR) is 110 cm³/mol. The van der Waals surface area contributed by atoms with Crippen LogP contribution in [0.5, 0.6) is 0 Å². The van der Waals surface area contributed by atoms with Crippen molar-refractivity contribution < 1.29 is 14.0 Å². The fraction of sp³-hybridized carbons (Fsp3) is 0.318. The molecule has 0 radical (unpaired) electrons. The quantitative estimate of drug-likeness (QED) is 0.718. The topological polar surface area (TPSA) is 77.9 Å². The van der Waals surface area contributed by atoms with Crippen LogP contribution in [-0.2, 0) is 11.2 Å². The van der Waals surface area contributed by atoms with Gasteiger partial charge in [-0.3, -0.25) is 14.4 Å². The minimum atomic E-state index is -0.566. The Morgan fingerprint density at radius 2 is 1.87 bits per heavy atom. The summed E-state index contributed by atoms with van der Waals surface area (Å²) in [4.78, 5) is 42.5. The predicted octanol–water partition coefficient (Wildman–Crippen LogP) is 2.05. The molecule has 30 heavy (non-hydrogen) atoms. The Hall–Kier alpha value is -3.42. The highest BCUT2D eigenvalue weighted by Gasteiger charge is 2.23. The van der Waals surface area contributed by atoms with Crippen LogP contribution < -0.4 is 5.56 Å². The van der Waals surface area contributed by atoms with Gasteiger partial charge in [-0.25, -0.2) is 4.39 Å². The fourth-order valence-corrected chi connectivity index (χ4v) is 3.91. The number of carbonyl (C=O) groups is 2. The molecule has 0 atom stereocenters. The van der Waals surface area contributed by atoms with E-state index in [0.717, 1.165) is 11.3 Å². The Balaban J connectivity index is 1.58. The molecule has 0 unspecified atom stereocenters. The average molecular weight is 410 g/mol. The Morgan fingerprint density at radius 1 is 1.10 bits per heavy atom. The van der Waals surface area contributed by atoms with Gasteiger partial charge in [-0.05, 0) is 36.2 Å². The third-order valence-electron chi connectivity index (χ3n) is 5.54. The number of amides is 2. The van der Waals surface area contributed by atoms with E-state index in [1.54, 1.807) is 50.9 Å². The summed E-state index contributed by atoms with van der Waals surface area (Å²) in [5.74, 6) is -0.953. The monoisotopic (exact) mass is 410 g/mol. The molecule has 3 heterocycles. The van der Waals surface area contributed by atoms with Gasteiger partial charge in [0.15, 0.2) is 0 Å². The van der Waals surface area contributed by atoms with Crippen LogP contribution >= 0.6 is 0 Å². The Labute approximate surface area is 172 Å². The Morgan fingerprint density at radius 3 is 2.67 bits per heavy atom. The van der Waals surface area contributed by atoms with Crippen LogP contribution in [0.15, 0.2) is 47.5 Å². The number of aromatic nitrogens is 2. The molecule has 2 amide bonds. The van der Waals surface area contributed by atoms with Gasteiger partial charge < -0.3 is 19.2 Å². The van der Waals surface area contributed by atoms with Crippen LogP contribution in [0.4, 0.5) is 4.39 Å². The van der Waals surface area contributed by atoms with Crippen LogP contribution in [-0.4, -0.2) is 57.2 Å². The summed E-state index contributed by atoms with van der Waals surface area (Å²) in [5.41, 5.74) is 1.97.